The van der Waals surface area contributed by atoms with Crippen molar-refractivity contribution in [1.29, 1.82) is 0 Å². The Kier molecular flexibility index (Phi) is 6.60. The van der Waals surface area contributed by atoms with Gasteiger partial charge in [0, 0.05) is 32.5 Å². The number of hydrogen-bond donors (Lipinski definition) is 3. The third kappa shape index (κ3) is 4.93. The number of rotatable bonds is 6. The molecule has 1 unspecified atom stereocenters. The molecular weight excluding hydrogens is 312 g/mol. The Bertz CT molecular complexity index is 468. The maximum absolute atomic E-state index is 12.3. The number of carboxylic acid groups (broad SMARTS) is 1. The smallest absolute Gasteiger partial charge is 0.329 e. The van der Waals surface area contributed by atoms with Gasteiger partial charge < -0.3 is 20.5 Å². The van der Waals surface area contributed by atoms with Crippen LogP contribution in [-0.4, -0.2) is 47.7 Å². The third-order valence-corrected chi connectivity index (χ3v) is 5.09. The number of amides is 2. The molecule has 1 saturated heterocycles. The van der Waals surface area contributed by atoms with E-state index in [9.17, 15) is 19.5 Å². The van der Waals surface area contributed by atoms with Crippen molar-refractivity contribution in [2.24, 2.45) is 5.92 Å². The van der Waals surface area contributed by atoms with Crippen LogP contribution in [0.15, 0.2) is 0 Å². The summed E-state index contributed by atoms with van der Waals surface area (Å²) in [5.41, 5.74) is -1.29. The van der Waals surface area contributed by atoms with Crippen molar-refractivity contribution in [3.05, 3.63) is 0 Å². The molecule has 3 N–H and O–H groups in total. The van der Waals surface area contributed by atoms with Gasteiger partial charge in [0.1, 0.15) is 11.6 Å². The number of ether oxygens (including phenoxy) is 1. The van der Waals surface area contributed by atoms with Gasteiger partial charge in [0.15, 0.2) is 0 Å². The molecule has 1 aliphatic heterocycles. The number of carbonyl (C=O) groups is 3. The van der Waals surface area contributed by atoms with Crippen molar-refractivity contribution in [2.45, 2.75) is 69.9 Å². The van der Waals surface area contributed by atoms with E-state index < -0.39 is 23.5 Å². The van der Waals surface area contributed by atoms with E-state index in [1.165, 1.54) is 6.42 Å². The molecule has 0 aromatic rings. The van der Waals surface area contributed by atoms with Gasteiger partial charge in [0.25, 0.3) is 0 Å². The van der Waals surface area contributed by atoms with E-state index in [-0.39, 0.29) is 18.7 Å². The molecular formula is C17H28N2O5. The van der Waals surface area contributed by atoms with E-state index >= 15 is 0 Å². The van der Waals surface area contributed by atoms with E-state index in [1.54, 1.807) is 6.92 Å². The molecule has 2 amide bonds. The number of nitrogens with one attached hydrogen (secondary N) is 2. The Morgan fingerprint density at radius 2 is 1.79 bits per heavy atom. The first kappa shape index (κ1) is 18.7. The molecule has 2 rings (SSSR count). The number of hydrogen-bond acceptors (Lipinski definition) is 4. The van der Waals surface area contributed by atoms with Crippen molar-refractivity contribution in [1.82, 2.24) is 10.6 Å². The van der Waals surface area contributed by atoms with Gasteiger partial charge in [-0.15, -0.1) is 0 Å². The molecule has 0 radical (unpaired) electrons. The van der Waals surface area contributed by atoms with E-state index in [0.717, 1.165) is 25.7 Å². The molecule has 24 heavy (non-hydrogen) atoms. The summed E-state index contributed by atoms with van der Waals surface area (Å²) in [6.07, 6.45) is 6.60. The monoisotopic (exact) mass is 340 g/mol. The fourth-order valence-corrected chi connectivity index (χ4v) is 3.48. The van der Waals surface area contributed by atoms with Crippen LogP contribution in [-0.2, 0) is 19.1 Å². The van der Waals surface area contributed by atoms with Gasteiger partial charge >= 0.3 is 5.97 Å². The highest BCUT2D eigenvalue weighted by Crippen LogP contribution is 2.26. The van der Waals surface area contributed by atoms with E-state index in [4.69, 9.17) is 4.74 Å². The first-order chi connectivity index (χ1) is 11.4. The summed E-state index contributed by atoms with van der Waals surface area (Å²) in [7, 11) is 0. The van der Waals surface area contributed by atoms with Crippen LogP contribution in [0.25, 0.3) is 0 Å². The topological polar surface area (TPSA) is 105 Å². The van der Waals surface area contributed by atoms with E-state index in [2.05, 4.69) is 10.6 Å². The van der Waals surface area contributed by atoms with Crippen LogP contribution in [0, 0.1) is 5.92 Å². The summed E-state index contributed by atoms with van der Waals surface area (Å²) in [5, 5.41) is 14.8. The zero-order valence-corrected chi connectivity index (χ0v) is 14.3. The van der Waals surface area contributed by atoms with Crippen molar-refractivity contribution in [3.63, 3.8) is 0 Å². The van der Waals surface area contributed by atoms with Crippen LogP contribution in [0.2, 0.25) is 0 Å². The molecule has 1 aliphatic carbocycles. The van der Waals surface area contributed by atoms with Crippen molar-refractivity contribution in [3.8, 4) is 0 Å². The lowest BCUT2D eigenvalue weighted by molar-refractivity contribution is -0.152. The molecule has 7 nitrogen and oxygen atoms in total. The van der Waals surface area contributed by atoms with Gasteiger partial charge in [-0.05, 0) is 25.7 Å². The molecule has 7 heteroatoms. The second-order valence-corrected chi connectivity index (χ2v) is 6.99. The Morgan fingerprint density at radius 3 is 2.38 bits per heavy atom. The minimum absolute atomic E-state index is 0.138. The summed E-state index contributed by atoms with van der Waals surface area (Å²) in [5.74, 6) is -1.26. The predicted molar refractivity (Wildman–Crippen MR) is 87.4 cm³/mol. The minimum atomic E-state index is -1.29. The summed E-state index contributed by atoms with van der Waals surface area (Å²) >= 11 is 0. The zero-order valence-electron chi connectivity index (χ0n) is 14.3. The van der Waals surface area contributed by atoms with Gasteiger partial charge in [0.05, 0.1) is 0 Å². The molecule has 2 aliphatic rings. The fraction of sp³-hybridized carbons (Fsp3) is 0.824. The largest absolute Gasteiger partial charge is 0.480 e. The SMILES string of the molecule is CC(NC(=O)CC1CCCCC1)C(=O)NC1(C(=O)O)CCOCC1. The third-order valence-electron chi connectivity index (χ3n) is 5.09. The molecule has 2 fully saturated rings. The second-order valence-electron chi connectivity index (χ2n) is 6.99. The highest BCUT2D eigenvalue weighted by atomic mass is 16.5. The molecule has 0 bridgehead atoms. The highest BCUT2D eigenvalue weighted by molar-refractivity contribution is 5.92. The Hall–Kier alpha value is -1.63. The van der Waals surface area contributed by atoms with Gasteiger partial charge in [0.2, 0.25) is 11.8 Å². The van der Waals surface area contributed by atoms with Crippen LogP contribution in [0.1, 0.15) is 58.3 Å². The van der Waals surface area contributed by atoms with Gasteiger partial charge in [-0.1, -0.05) is 19.3 Å². The van der Waals surface area contributed by atoms with Gasteiger partial charge in [-0.3, -0.25) is 9.59 Å². The Balaban J connectivity index is 1.84. The molecule has 1 atom stereocenters. The molecule has 0 spiro atoms. The lowest BCUT2D eigenvalue weighted by Crippen LogP contribution is -2.60. The molecule has 1 heterocycles. The number of carboxylic acids is 1. The van der Waals surface area contributed by atoms with E-state index in [0.29, 0.717) is 25.6 Å². The second kappa shape index (κ2) is 8.46. The Morgan fingerprint density at radius 1 is 1.17 bits per heavy atom. The van der Waals surface area contributed by atoms with Crippen LogP contribution < -0.4 is 10.6 Å². The summed E-state index contributed by atoms with van der Waals surface area (Å²) in [6, 6.07) is -0.750. The van der Waals surface area contributed by atoms with Gasteiger partial charge in [-0.25, -0.2) is 4.79 Å². The van der Waals surface area contributed by atoms with E-state index in [1.807, 2.05) is 0 Å². The first-order valence-corrected chi connectivity index (χ1v) is 8.85. The van der Waals surface area contributed by atoms with Crippen LogP contribution in [0.5, 0.6) is 0 Å². The van der Waals surface area contributed by atoms with Crippen molar-refractivity contribution in [2.75, 3.05) is 13.2 Å². The molecule has 136 valence electrons. The lowest BCUT2D eigenvalue weighted by atomic mass is 9.87. The van der Waals surface area contributed by atoms with Gasteiger partial charge in [-0.2, -0.15) is 0 Å². The van der Waals surface area contributed by atoms with Crippen molar-refractivity contribution < 1.29 is 24.2 Å². The first-order valence-electron chi connectivity index (χ1n) is 8.85. The molecule has 1 saturated carbocycles. The predicted octanol–water partition coefficient (Wildman–Crippen LogP) is 1.21. The highest BCUT2D eigenvalue weighted by Gasteiger charge is 2.42. The minimum Gasteiger partial charge on any atom is -0.480 e. The number of aliphatic carboxylic acids is 1. The van der Waals surface area contributed by atoms with Crippen LogP contribution in [0.4, 0.5) is 0 Å². The summed E-state index contributed by atoms with van der Waals surface area (Å²) in [4.78, 5) is 36.0. The molecule has 0 aromatic heterocycles. The molecule has 0 aromatic carbocycles. The lowest BCUT2D eigenvalue weighted by Gasteiger charge is -2.34. The maximum atomic E-state index is 12.3. The standard InChI is InChI=1S/C17H28N2O5/c1-12(18-14(20)11-13-5-3-2-4-6-13)15(21)19-17(16(22)23)7-9-24-10-8-17/h12-13H,2-11H2,1H3,(H,18,20)(H,19,21)(H,22,23). The number of carbonyl (C=O) groups excluding carboxylic acids is 2. The van der Waals surface area contributed by atoms with Crippen molar-refractivity contribution >= 4 is 17.8 Å². The summed E-state index contributed by atoms with van der Waals surface area (Å²) < 4.78 is 5.18. The maximum Gasteiger partial charge on any atom is 0.329 e. The average molecular weight is 340 g/mol. The van der Waals surface area contributed by atoms with Crippen LogP contribution in [0.3, 0.4) is 0 Å². The van der Waals surface area contributed by atoms with Crippen LogP contribution >= 0.6 is 0 Å². The zero-order chi connectivity index (χ0) is 17.6. The average Bonchev–Trinajstić information content (AvgIpc) is 2.56. The quantitative estimate of drug-likeness (QED) is 0.674. The summed E-state index contributed by atoms with van der Waals surface area (Å²) in [6.45, 7) is 2.19. The Labute approximate surface area is 142 Å². The fourth-order valence-electron chi connectivity index (χ4n) is 3.48. The normalized spacial score (nSPS) is 22.4.